The molecule has 1 fully saturated rings. The Kier molecular flexibility index (Phi) is 6.33. The first-order chi connectivity index (χ1) is 13.6. The molecule has 0 aliphatic carbocycles. The van der Waals surface area contributed by atoms with Gasteiger partial charge in [-0.15, -0.1) is 0 Å². The van der Waals surface area contributed by atoms with E-state index in [2.05, 4.69) is 10.3 Å². The Labute approximate surface area is 162 Å². The lowest BCUT2D eigenvalue weighted by molar-refractivity contribution is 0.0299. The molecule has 146 valence electrons. The number of carbonyl (C=O) groups excluding carboxylic acids is 3. The van der Waals surface area contributed by atoms with Crippen LogP contribution in [0.2, 0.25) is 0 Å². The molecular formula is C20H21N3O5. The highest BCUT2D eigenvalue weighted by Crippen LogP contribution is 2.13. The summed E-state index contributed by atoms with van der Waals surface area (Å²) in [5.74, 6) is -1.09. The molecule has 0 spiro atoms. The number of esters is 1. The van der Waals surface area contributed by atoms with Crippen LogP contribution in [0.5, 0.6) is 0 Å². The van der Waals surface area contributed by atoms with Gasteiger partial charge in [0.15, 0.2) is 0 Å². The van der Waals surface area contributed by atoms with Crippen molar-refractivity contribution in [3.05, 3.63) is 59.4 Å². The molecular weight excluding hydrogens is 362 g/mol. The second-order valence-corrected chi connectivity index (χ2v) is 6.06. The molecule has 1 aliphatic rings. The number of hydrogen-bond acceptors (Lipinski definition) is 6. The van der Waals surface area contributed by atoms with Crippen LogP contribution in [0.4, 0.5) is 5.69 Å². The third-order valence-electron chi connectivity index (χ3n) is 4.15. The molecule has 8 nitrogen and oxygen atoms in total. The molecule has 1 N–H and O–H groups in total. The fourth-order valence-corrected chi connectivity index (χ4v) is 2.71. The van der Waals surface area contributed by atoms with Gasteiger partial charge in [-0.25, -0.2) is 9.78 Å². The minimum Gasteiger partial charge on any atom is -0.462 e. The number of benzene rings is 1. The highest BCUT2D eigenvalue weighted by molar-refractivity contribution is 6.04. The molecule has 0 atom stereocenters. The molecule has 3 rings (SSSR count). The number of nitrogens with zero attached hydrogens (tertiary/aromatic N) is 2. The van der Waals surface area contributed by atoms with E-state index in [4.69, 9.17) is 9.47 Å². The average Bonchev–Trinajstić information content (AvgIpc) is 2.74. The summed E-state index contributed by atoms with van der Waals surface area (Å²) in [6, 6.07) is 11.1. The van der Waals surface area contributed by atoms with Crippen molar-refractivity contribution in [1.82, 2.24) is 9.88 Å². The Morgan fingerprint density at radius 2 is 1.75 bits per heavy atom. The Balaban J connectivity index is 1.67. The van der Waals surface area contributed by atoms with Gasteiger partial charge in [0, 0.05) is 18.8 Å². The monoisotopic (exact) mass is 383 g/mol. The Morgan fingerprint density at radius 3 is 2.43 bits per heavy atom. The second-order valence-electron chi connectivity index (χ2n) is 6.06. The lowest BCUT2D eigenvalue weighted by Crippen LogP contribution is -2.41. The first-order valence-electron chi connectivity index (χ1n) is 9.01. The Bertz CT molecular complexity index is 860. The summed E-state index contributed by atoms with van der Waals surface area (Å²) in [5, 5.41) is 2.70. The van der Waals surface area contributed by atoms with Crippen LogP contribution in [0.25, 0.3) is 0 Å². The molecule has 0 radical (unpaired) electrons. The number of pyridine rings is 1. The van der Waals surface area contributed by atoms with Gasteiger partial charge >= 0.3 is 5.97 Å². The van der Waals surface area contributed by atoms with E-state index in [1.807, 2.05) is 0 Å². The zero-order valence-corrected chi connectivity index (χ0v) is 15.5. The zero-order chi connectivity index (χ0) is 19.9. The summed E-state index contributed by atoms with van der Waals surface area (Å²) in [5.41, 5.74) is 1.25. The Hall–Kier alpha value is -3.26. The second kappa shape index (κ2) is 9.09. The number of ether oxygens (including phenoxy) is 2. The molecule has 8 heteroatoms. The van der Waals surface area contributed by atoms with E-state index >= 15 is 0 Å². The third-order valence-corrected chi connectivity index (χ3v) is 4.15. The fourth-order valence-electron chi connectivity index (χ4n) is 2.71. The van der Waals surface area contributed by atoms with Crippen molar-refractivity contribution < 1.29 is 23.9 Å². The normalized spacial score (nSPS) is 13.7. The number of carbonyl (C=O) groups is 3. The van der Waals surface area contributed by atoms with Crippen molar-refractivity contribution in [2.75, 3.05) is 38.2 Å². The zero-order valence-electron chi connectivity index (χ0n) is 15.5. The summed E-state index contributed by atoms with van der Waals surface area (Å²) >= 11 is 0. The average molecular weight is 383 g/mol. The molecule has 0 bridgehead atoms. The molecule has 0 unspecified atom stereocenters. The van der Waals surface area contributed by atoms with E-state index in [1.54, 1.807) is 54.3 Å². The van der Waals surface area contributed by atoms with Crippen molar-refractivity contribution >= 4 is 23.5 Å². The largest absolute Gasteiger partial charge is 0.462 e. The standard InChI is InChI=1S/C20H21N3O5/c1-2-28-20(26)14-6-8-15(9-7-14)21-18(24)16-4-3-5-17(22-16)19(25)23-10-12-27-13-11-23/h3-9H,2,10-13H2,1H3,(H,21,24). The molecule has 0 saturated carbocycles. The number of nitrogens with one attached hydrogen (secondary N) is 1. The third kappa shape index (κ3) is 4.72. The van der Waals surface area contributed by atoms with E-state index in [0.29, 0.717) is 44.2 Å². The maximum Gasteiger partial charge on any atom is 0.338 e. The molecule has 1 saturated heterocycles. The summed E-state index contributed by atoms with van der Waals surface area (Å²) in [7, 11) is 0. The topological polar surface area (TPSA) is 97.8 Å². The van der Waals surface area contributed by atoms with Crippen LogP contribution in [-0.4, -0.2) is 60.6 Å². The van der Waals surface area contributed by atoms with Crippen molar-refractivity contribution in [1.29, 1.82) is 0 Å². The van der Waals surface area contributed by atoms with Gasteiger partial charge < -0.3 is 19.7 Å². The van der Waals surface area contributed by atoms with Gasteiger partial charge in [-0.2, -0.15) is 0 Å². The number of hydrogen-bond donors (Lipinski definition) is 1. The predicted molar refractivity (Wildman–Crippen MR) is 101 cm³/mol. The molecule has 1 aromatic carbocycles. The van der Waals surface area contributed by atoms with E-state index in [-0.39, 0.29) is 17.3 Å². The van der Waals surface area contributed by atoms with Crippen LogP contribution in [0, 0.1) is 0 Å². The quantitative estimate of drug-likeness (QED) is 0.793. The van der Waals surface area contributed by atoms with Crippen molar-refractivity contribution in [2.24, 2.45) is 0 Å². The molecule has 1 aromatic heterocycles. The van der Waals surface area contributed by atoms with E-state index in [0.717, 1.165) is 0 Å². The van der Waals surface area contributed by atoms with Gasteiger partial charge in [0.2, 0.25) is 0 Å². The summed E-state index contributed by atoms with van der Waals surface area (Å²) in [6.07, 6.45) is 0. The lowest BCUT2D eigenvalue weighted by Gasteiger charge is -2.26. The Morgan fingerprint density at radius 1 is 1.07 bits per heavy atom. The number of anilines is 1. The maximum atomic E-state index is 12.5. The summed E-state index contributed by atoms with van der Waals surface area (Å²) < 4.78 is 10.2. The first kappa shape index (κ1) is 19.5. The van der Waals surface area contributed by atoms with Crippen LogP contribution < -0.4 is 5.32 Å². The van der Waals surface area contributed by atoms with Gasteiger partial charge in [0.1, 0.15) is 11.4 Å². The fraction of sp³-hybridized carbons (Fsp3) is 0.300. The van der Waals surface area contributed by atoms with E-state index in [9.17, 15) is 14.4 Å². The number of aromatic nitrogens is 1. The van der Waals surface area contributed by atoms with Gasteiger partial charge in [0.25, 0.3) is 11.8 Å². The summed E-state index contributed by atoms with van der Waals surface area (Å²) in [4.78, 5) is 42.5. The predicted octanol–water partition coefficient (Wildman–Crippen LogP) is 1.98. The van der Waals surface area contributed by atoms with Gasteiger partial charge in [-0.3, -0.25) is 9.59 Å². The van der Waals surface area contributed by atoms with Crippen molar-refractivity contribution in [3.8, 4) is 0 Å². The van der Waals surface area contributed by atoms with Crippen molar-refractivity contribution in [2.45, 2.75) is 6.92 Å². The smallest absolute Gasteiger partial charge is 0.338 e. The van der Waals surface area contributed by atoms with Gasteiger partial charge in [-0.1, -0.05) is 6.07 Å². The minimum atomic E-state index is -0.444. The number of amides is 2. The molecule has 28 heavy (non-hydrogen) atoms. The first-order valence-corrected chi connectivity index (χ1v) is 9.01. The SMILES string of the molecule is CCOC(=O)c1ccc(NC(=O)c2cccc(C(=O)N3CCOCC3)n2)cc1. The molecule has 2 aromatic rings. The van der Waals surface area contributed by atoms with Crippen LogP contribution in [-0.2, 0) is 9.47 Å². The minimum absolute atomic E-state index is 0.133. The molecule has 2 amide bonds. The van der Waals surface area contributed by atoms with E-state index < -0.39 is 11.9 Å². The molecule has 2 heterocycles. The number of morpholine rings is 1. The van der Waals surface area contributed by atoms with Crippen LogP contribution in [0.15, 0.2) is 42.5 Å². The maximum absolute atomic E-state index is 12.5. The van der Waals surface area contributed by atoms with E-state index in [1.165, 1.54) is 0 Å². The van der Waals surface area contributed by atoms with Crippen molar-refractivity contribution in [3.63, 3.8) is 0 Å². The lowest BCUT2D eigenvalue weighted by atomic mass is 10.2. The van der Waals surface area contributed by atoms with Crippen LogP contribution in [0.3, 0.4) is 0 Å². The highest BCUT2D eigenvalue weighted by Gasteiger charge is 2.20. The van der Waals surface area contributed by atoms with Crippen LogP contribution in [0.1, 0.15) is 38.3 Å². The van der Waals surface area contributed by atoms with Gasteiger partial charge in [0.05, 0.1) is 25.4 Å². The van der Waals surface area contributed by atoms with Crippen LogP contribution >= 0.6 is 0 Å². The number of rotatable bonds is 5. The van der Waals surface area contributed by atoms with Gasteiger partial charge in [-0.05, 0) is 43.3 Å². The summed E-state index contributed by atoms with van der Waals surface area (Å²) in [6.45, 7) is 4.02. The highest BCUT2D eigenvalue weighted by atomic mass is 16.5. The molecule has 1 aliphatic heterocycles.